The molecule has 2 unspecified atom stereocenters. The zero-order valence-electron chi connectivity index (χ0n) is 19.7. The number of rotatable bonds is 8. The van der Waals surface area contributed by atoms with Gasteiger partial charge in [0.2, 0.25) is 17.6 Å². The maximum Gasteiger partial charge on any atom is 0.451 e. The molecule has 0 aliphatic carbocycles. The van der Waals surface area contributed by atoms with Gasteiger partial charge in [-0.1, -0.05) is 30.3 Å². The van der Waals surface area contributed by atoms with Crippen LogP contribution in [0, 0.1) is 17.5 Å². The Morgan fingerprint density at radius 1 is 1.00 bits per heavy atom. The van der Waals surface area contributed by atoms with Crippen LogP contribution in [0.1, 0.15) is 35.2 Å². The molecule has 2 aromatic carbocycles. The Hall–Kier alpha value is -3.94. The van der Waals surface area contributed by atoms with Gasteiger partial charge in [-0.15, -0.1) is 10.2 Å². The number of hydrogen-bond donors (Lipinski definition) is 2. The van der Waals surface area contributed by atoms with Crippen LogP contribution in [0.15, 0.2) is 42.5 Å². The van der Waals surface area contributed by atoms with Crippen LogP contribution in [0.2, 0.25) is 0 Å². The average Bonchev–Trinajstić information content (AvgIpc) is 3.30. The average molecular weight is 540 g/mol. The van der Waals surface area contributed by atoms with Gasteiger partial charge in [0.05, 0.1) is 6.54 Å². The summed E-state index contributed by atoms with van der Waals surface area (Å²) in [5.41, 5.74) is 5.76. The molecule has 38 heavy (non-hydrogen) atoms. The summed E-state index contributed by atoms with van der Waals surface area (Å²) in [4.78, 5) is 26.7. The third-order valence-corrected chi connectivity index (χ3v) is 6.16. The van der Waals surface area contributed by atoms with Crippen LogP contribution < -0.4 is 11.1 Å². The fourth-order valence-corrected chi connectivity index (χ4v) is 4.32. The van der Waals surface area contributed by atoms with Crippen molar-refractivity contribution < 1.29 is 35.9 Å². The van der Waals surface area contributed by atoms with Crippen molar-refractivity contribution in [2.75, 3.05) is 6.54 Å². The minimum absolute atomic E-state index is 0.0626. The fourth-order valence-electron chi connectivity index (χ4n) is 4.32. The van der Waals surface area contributed by atoms with Crippen molar-refractivity contribution in [1.29, 1.82) is 0 Å². The standard InChI is InChI=1S/C24H22F6N6O2/c25-16-11-18(27)17(26)9-14(16)8-15(32-21(22(31)38)13-4-2-1-3-5-13)10-20(37)35-6-7-36-19(12-35)33-34-23(36)24(28,29)30/h1-5,9,11,15,21,32H,6-8,10,12H2,(H2,31,38). The molecular weight excluding hydrogens is 518 g/mol. The summed E-state index contributed by atoms with van der Waals surface area (Å²) in [6, 6.07) is 7.16. The zero-order chi connectivity index (χ0) is 27.6. The number of fused-ring (bicyclic) bond motifs is 1. The van der Waals surface area contributed by atoms with Crippen LogP contribution >= 0.6 is 0 Å². The molecule has 3 aromatic rings. The van der Waals surface area contributed by atoms with E-state index in [1.165, 1.54) is 4.90 Å². The second-order valence-corrected chi connectivity index (χ2v) is 8.78. The Balaban J connectivity index is 1.57. The molecule has 1 aliphatic rings. The first-order valence-corrected chi connectivity index (χ1v) is 11.4. The van der Waals surface area contributed by atoms with E-state index in [1.807, 2.05) is 0 Å². The Kier molecular flexibility index (Phi) is 7.71. The molecule has 2 heterocycles. The van der Waals surface area contributed by atoms with Crippen LogP contribution in [-0.2, 0) is 35.3 Å². The van der Waals surface area contributed by atoms with Gasteiger partial charge >= 0.3 is 6.18 Å². The Labute approximate surface area is 212 Å². The lowest BCUT2D eigenvalue weighted by Gasteiger charge is -2.31. The second kappa shape index (κ2) is 10.8. The minimum Gasteiger partial charge on any atom is -0.368 e. The third kappa shape index (κ3) is 5.96. The normalized spacial score (nSPS) is 15.2. The lowest BCUT2D eigenvalue weighted by Crippen LogP contribution is -2.46. The number of carbonyl (C=O) groups is 2. The van der Waals surface area contributed by atoms with Crippen LogP contribution in [0.5, 0.6) is 0 Å². The molecular formula is C24H22F6N6O2. The highest BCUT2D eigenvalue weighted by Gasteiger charge is 2.40. The highest BCUT2D eigenvalue weighted by atomic mass is 19.4. The van der Waals surface area contributed by atoms with E-state index in [0.29, 0.717) is 17.7 Å². The Morgan fingerprint density at radius 2 is 1.68 bits per heavy atom. The summed E-state index contributed by atoms with van der Waals surface area (Å²) in [7, 11) is 0. The summed E-state index contributed by atoms with van der Waals surface area (Å²) in [5, 5.41) is 9.62. The van der Waals surface area contributed by atoms with Crippen LogP contribution in [0.4, 0.5) is 26.3 Å². The van der Waals surface area contributed by atoms with Crippen molar-refractivity contribution in [3.63, 3.8) is 0 Å². The molecule has 14 heteroatoms. The number of hydrogen-bond acceptors (Lipinski definition) is 5. The van der Waals surface area contributed by atoms with Gasteiger partial charge in [-0.25, -0.2) is 13.2 Å². The van der Waals surface area contributed by atoms with Gasteiger partial charge in [0.1, 0.15) is 11.9 Å². The summed E-state index contributed by atoms with van der Waals surface area (Å²) in [5.74, 6) is -6.31. The summed E-state index contributed by atoms with van der Waals surface area (Å²) >= 11 is 0. The molecule has 0 saturated heterocycles. The molecule has 8 nitrogen and oxygen atoms in total. The zero-order valence-corrected chi connectivity index (χ0v) is 19.7. The summed E-state index contributed by atoms with van der Waals surface area (Å²) in [6.45, 7) is -0.546. The van der Waals surface area contributed by atoms with Crippen molar-refractivity contribution >= 4 is 11.8 Å². The van der Waals surface area contributed by atoms with E-state index in [1.54, 1.807) is 30.3 Å². The predicted octanol–water partition coefficient (Wildman–Crippen LogP) is 2.87. The van der Waals surface area contributed by atoms with Crippen LogP contribution in [0.25, 0.3) is 0 Å². The minimum atomic E-state index is -4.71. The molecule has 1 aliphatic heterocycles. The van der Waals surface area contributed by atoms with E-state index >= 15 is 0 Å². The number of alkyl halides is 3. The van der Waals surface area contributed by atoms with Gasteiger partial charge in [0.15, 0.2) is 17.5 Å². The number of aromatic nitrogens is 3. The van der Waals surface area contributed by atoms with Crippen molar-refractivity contribution in [2.45, 2.75) is 44.2 Å². The monoisotopic (exact) mass is 540 g/mol. The molecule has 0 spiro atoms. The van der Waals surface area contributed by atoms with E-state index in [9.17, 15) is 35.9 Å². The lowest BCUT2D eigenvalue weighted by atomic mass is 9.98. The van der Waals surface area contributed by atoms with E-state index < -0.39 is 53.4 Å². The Morgan fingerprint density at radius 3 is 2.34 bits per heavy atom. The smallest absolute Gasteiger partial charge is 0.368 e. The van der Waals surface area contributed by atoms with Gasteiger partial charge in [-0.05, 0) is 23.6 Å². The molecule has 202 valence electrons. The fraction of sp³-hybridized carbons (Fsp3) is 0.333. The van der Waals surface area contributed by atoms with Gasteiger partial charge in [-0.2, -0.15) is 13.2 Å². The Bertz CT molecular complexity index is 1330. The van der Waals surface area contributed by atoms with Gasteiger partial charge in [-0.3, -0.25) is 14.9 Å². The number of halogens is 6. The van der Waals surface area contributed by atoms with Gasteiger partial charge < -0.3 is 15.2 Å². The van der Waals surface area contributed by atoms with Crippen molar-refractivity contribution in [3.05, 3.63) is 82.7 Å². The molecule has 2 atom stereocenters. The first kappa shape index (κ1) is 27.1. The predicted molar refractivity (Wildman–Crippen MR) is 120 cm³/mol. The maximum absolute atomic E-state index is 14.4. The molecule has 0 bridgehead atoms. The van der Waals surface area contributed by atoms with Crippen molar-refractivity contribution in [3.8, 4) is 0 Å². The van der Waals surface area contributed by atoms with E-state index in [-0.39, 0.29) is 43.9 Å². The number of benzene rings is 2. The molecule has 3 N–H and O–H groups in total. The third-order valence-electron chi connectivity index (χ3n) is 6.16. The van der Waals surface area contributed by atoms with E-state index in [0.717, 1.165) is 4.57 Å². The maximum atomic E-state index is 14.4. The van der Waals surface area contributed by atoms with Crippen molar-refractivity contribution in [1.82, 2.24) is 25.0 Å². The molecule has 0 saturated carbocycles. The second-order valence-electron chi connectivity index (χ2n) is 8.78. The first-order valence-electron chi connectivity index (χ1n) is 11.4. The molecule has 4 rings (SSSR count). The largest absolute Gasteiger partial charge is 0.451 e. The summed E-state index contributed by atoms with van der Waals surface area (Å²) in [6.07, 6.45) is -5.40. The quantitative estimate of drug-likeness (QED) is 0.338. The number of amides is 2. The molecule has 0 radical (unpaired) electrons. The number of nitrogens with two attached hydrogens (primary N) is 1. The number of nitrogens with one attached hydrogen (secondary N) is 1. The highest BCUT2D eigenvalue weighted by Crippen LogP contribution is 2.29. The number of nitrogens with zero attached hydrogens (tertiary/aromatic N) is 4. The molecule has 2 amide bonds. The molecule has 0 fully saturated rings. The topological polar surface area (TPSA) is 106 Å². The van der Waals surface area contributed by atoms with Gasteiger partial charge in [0, 0.05) is 31.6 Å². The first-order chi connectivity index (χ1) is 17.9. The number of carbonyl (C=O) groups excluding carboxylic acids is 2. The van der Waals surface area contributed by atoms with E-state index in [4.69, 9.17) is 5.73 Å². The van der Waals surface area contributed by atoms with Crippen LogP contribution in [0.3, 0.4) is 0 Å². The van der Waals surface area contributed by atoms with Gasteiger partial charge in [0.25, 0.3) is 0 Å². The highest BCUT2D eigenvalue weighted by molar-refractivity contribution is 5.82. The SMILES string of the molecule is NC(=O)C(NC(CC(=O)N1CCn2c(nnc2C(F)(F)F)C1)Cc1cc(F)c(F)cc1F)c1ccccc1. The van der Waals surface area contributed by atoms with Crippen LogP contribution in [-0.4, -0.2) is 44.1 Å². The van der Waals surface area contributed by atoms with E-state index in [2.05, 4.69) is 15.5 Å². The number of primary amides is 1. The summed E-state index contributed by atoms with van der Waals surface area (Å²) < 4.78 is 82.0. The lowest BCUT2D eigenvalue weighted by molar-refractivity contribution is -0.148. The molecule has 1 aromatic heterocycles. The van der Waals surface area contributed by atoms with Crippen molar-refractivity contribution in [2.24, 2.45) is 5.73 Å².